The second-order valence-corrected chi connectivity index (χ2v) is 5.11. The first kappa shape index (κ1) is 12.7. The van der Waals surface area contributed by atoms with Crippen molar-refractivity contribution in [3.8, 4) is 11.1 Å². The minimum absolute atomic E-state index is 0.105. The number of anilines is 1. The topological polar surface area (TPSA) is 32.3 Å². The van der Waals surface area contributed by atoms with Gasteiger partial charge in [-0.2, -0.15) is 0 Å². The molecule has 0 aliphatic carbocycles. The Hall–Kier alpha value is -1.80. The third-order valence-corrected chi connectivity index (χ3v) is 2.87. The molecule has 0 heterocycles. The van der Waals surface area contributed by atoms with Gasteiger partial charge in [0.1, 0.15) is 0 Å². The van der Waals surface area contributed by atoms with Crippen molar-refractivity contribution >= 4 is 5.69 Å². The van der Waals surface area contributed by atoms with Crippen molar-refractivity contribution < 1.29 is 5.11 Å². The molecule has 0 saturated heterocycles. The zero-order chi connectivity index (χ0) is 13.0. The Labute approximate surface area is 108 Å². The van der Waals surface area contributed by atoms with Crippen molar-refractivity contribution in [2.45, 2.75) is 19.4 Å². The highest BCUT2D eigenvalue weighted by Gasteiger charge is 2.15. The van der Waals surface area contributed by atoms with Gasteiger partial charge in [0.05, 0.1) is 12.1 Å². The van der Waals surface area contributed by atoms with E-state index in [0.29, 0.717) is 0 Å². The van der Waals surface area contributed by atoms with Gasteiger partial charge in [-0.15, -0.1) is 0 Å². The van der Waals surface area contributed by atoms with E-state index in [1.54, 1.807) is 0 Å². The lowest BCUT2D eigenvalue weighted by molar-refractivity contribution is 0.234. The molecule has 0 unspecified atom stereocenters. The molecule has 0 fully saturated rings. The summed E-state index contributed by atoms with van der Waals surface area (Å²) in [6.07, 6.45) is 0. The fraction of sp³-hybridized carbons (Fsp3) is 0.250. The average molecular weight is 241 g/mol. The van der Waals surface area contributed by atoms with Crippen LogP contribution in [0.3, 0.4) is 0 Å². The van der Waals surface area contributed by atoms with Crippen LogP contribution in [0.25, 0.3) is 11.1 Å². The van der Waals surface area contributed by atoms with Crippen LogP contribution in [-0.4, -0.2) is 17.3 Å². The molecule has 0 atom stereocenters. The molecule has 2 nitrogen and oxygen atoms in total. The first-order valence-corrected chi connectivity index (χ1v) is 6.15. The summed E-state index contributed by atoms with van der Waals surface area (Å²) in [6, 6.07) is 18.5. The monoisotopic (exact) mass is 241 g/mol. The Balaban J connectivity index is 2.16. The molecule has 2 aromatic rings. The summed E-state index contributed by atoms with van der Waals surface area (Å²) in [7, 11) is 0. The maximum atomic E-state index is 9.23. The highest BCUT2D eigenvalue weighted by atomic mass is 16.3. The van der Waals surface area contributed by atoms with Crippen molar-refractivity contribution in [3.05, 3.63) is 54.6 Å². The second-order valence-electron chi connectivity index (χ2n) is 5.11. The molecule has 2 aromatic carbocycles. The van der Waals surface area contributed by atoms with Crippen LogP contribution in [0.2, 0.25) is 0 Å². The summed E-state index contributed by atoms with van der Waals surface area (Å²) in [4.78, 5) is 0. The van der Waals surface area contributed by atoms with Crippen molar-refractivity contribution in [3.63, 3.8) is 0 Å². The Morgan fingerprint density at radius 3 is 2.00 bits per heavy atom. The van der Waals surface area contributed by atoms with Crippen LogP contribution in [0.1, 0.15) is 13.8 Å². The molecular weight excluding hydrogens is 222 g/mol. The normalized spacial score (nSPS) is 11.3. The highest BCUT2D eigenvalue weighted by molar-refractivity contribution is 5.66. The van der Waals surface area contributed by atoms with Gasteiger partial charge in [0, 0.05) is 5.69 Å². The third kappa shape index (κ3) is 3.11. The number of aliphatic hydroxyl groups is 1. The number of rotatable bonds is 4. The molecule has 0 aliphatic rings. The largest absolute Gasteiger partial charge is 0.394 e. The lowest BCUT2D eigenvalue weighted by Gasteiger charge is -2.25. The van der Waals surface area contributed by atoms with Crippen LogP contribution in [0, 0.1) is 0 Å². The molecule has 0 bridgehead atoms. The predicted octanol–water partition coefficient (Wildman–Crippen LogP) is 3.54. The van der Waals surface area contributed by atoms with Crippen molar-refractivity contribution in [2.75, 3.05) is 11.9 Å². The molecule has 2 rings (SSSR count). The Morgan fingerprint density at radius 2 is 1.44 bits per heavy atom. The Kier molecular flexibility index (Phi) is 3.68. The van der Waals surface area contributed by atoms with Crippen molar-refractivity contribution in [1.29, 1.82) is 0 Å². The van der Waals surface area contributed by atoms with Gasteiger partial charge < -0.3 is 10.4 Å². The van der Waals surface area contributed by atoms with Crippen LogP contribution in [0.4, 0.5) is 5.69 Å². The van der Waals surface area contributed by atoms with Gasteiger partial charge in [0.25, 0.3) is 0 Å². The molecule has 2 N–H and O–H groups in total. The molecule has 0 amide bonds. The van der Waals surface area contributed by atoms with E-state index >= 15 is 0 Å². The van der Waals surface area contributed by atoms with E-state index in [9.17, 15) is 5.11 Å². The van der Waals surface area contributed by atoms with Gasteiger partial charge in [-0.05, 0) is 37.1 Å². The van der Waals surface area contributed by atoms with E-state index < -0.39 is 0 Å². The molecule has 0 aromatic heterocycles. The lowest BCUT2D eigenvalue weighted by Crippen LogP contribution is -2.34. The number of aliphatic hydroxyl groups excluding tert-OH is 1. The minimum atomic E-state index is -0.297. The zero-order valence-corrected chi connectivity index (χ0v) is 10.9. The maximum absolute atomic E-state index is 9.23. The van der Waals surface area contributed by atoms with E-state index in [0.717, 1.165) is 5.69 Å². The van der Waals surface area contributed by atoms with E-state index in [1.165, 1.54) is 11.1 Å². The minimum Gasteiger partial charge on any atom is -0.394 e. The molecule has 18 heavy (non-hydrogen) atoms. The zero-order valence-electron chi connectivity index (χ0n) is 10.9. The first-order valence-electron chi connectivity index (χ1n) is 6.15. The van der Waals surface area contributed by atoms with Gasteiger partial charge in [-0.1, -0.05) is 42.5 Å². The van der Waals surface area contributed by atoms with Crippen molar-refractivity contribution in [1.82, 2.24) is 0 Å². The standard InChI is InChI=1S/C16H19NO/c1-16(2,12-18)17-15-10-8-14(9-11-15)13-6-4-3-5-7-13/h3-11,17-18H,12H2,1-2H3. The summed E-state index contributed by atoms with van der Waals surface area (Å²) in [5.74, 6) is 0. The maximum Gasteiger partial charge on any atom is 0.0656 e. The fourth-order valence-corrected chi connectivity index (χ4v) is 1.81. The molecule has 0 saturated carbocycles. The summed E-state index contributed by atoms with van der Waals surface area (Å²) < 4.78 is 0. The van der Waals surface area contributed by atoms with E-state index in [-0.39, 0.29) is 12.1 Å². The van der Waals surface area contributed by atoms with Gasteiger partial charge in [-0.3, -0.25) is 0 Å². The number of hydrogen-bond donors (Lipinski definition) is 2. The van der Waals surface area contributed by atoms with Crippen LogP contribution in [0.5, 0.6) is 0 Å². The smallest absolute Gasteiger partial charge is 0.0656 e. The highest BCUT2D eigenvalue weighted by Crippen LogP contribution is 2.22. The van der Waals surface area contributed by atoms with Gasteiger partial charge in [0.15, 0.2) is 0 Å². The number of benzene rings is 2. The van der Waals surface area contributed by atoms with Gasteiger partial charge in [0.2, 0.25) is 0 Å². The van der Waals surface area contributed by atoms with Crippen LogP contribution in [0.15, 0.2) is 54.6 Å². The Bertz CT molecular complexity index is 488. The summed E-state index contributed by atoms with van der Waals surface area (Å²) in [6.45, 7) is 4.05. The predicted molar refractivity (Wildman–Crippen MR) is 76.7 cm³/mol. The number of hydrogen-bond acceptors (Lipinski definition) is 2. The average Bonchev–Trinajstić information content (AvgIpc) is 2.40. The summed E-state index contributed by atoms with van der Waals surface area (Å²) >= 11 is 0. The van der Waals surface area contributed by atoms with Crippen LogP contribution >= 0.6 is 0 Å². The third-order valence-electron chi connectivity index (χ3n) is 2.87. The molecule has 0 aliphatic heterocycles. The molecule has 0 spiro atoms. The molecule has 0 radical (unpaired) electrons. The lowest BCUT2D eigenvalue weighted by atomic mass is 10.0. The molecule has 94 valence electrons. The number of nitrogens with one attached hydrogen (secondary N) is 1. The van der Waals surface area contributed by atoms with E-state index in [4.69, 9.17) is 0 Å². The summed E-state index contributed by atoms with van der Waals surface area (Å²) in [5.41, 5.74) is 3.14. The van der Waals surface area contributed by atoms with Crippen LogP contribution < -0.4 is 5.32 Å². The fourth-order valence-electron chi connectivity index (χ4n) is 1.81. The first-order chi connectivity index (χ1) is 8.61. The van der Waals surface area contributed by atoms with Gasteiger partial charge in [-0.25, -0.2) is 0 Å². The Morgan fingerprint density at radius 1 is 0.889 bits per heavy atom. The van der Waals surface area contributed by atoms with Crippen molar-refractivity contribution in [2.24, 2.45) is 0 Å². The quantitative estimate of drug-likeness (QED) is 0.858. The summed E-state index contributed by atoms with van der Waals surface area (Å²) in [5, 5.41) is 12.5. The molecular formula is C16H19NO. The van der Waals surface area contributed by atoms with Gasteiger partial charge >= 0.3 is 0 Å². The molecule has 2 heteroatoms. The van der Waals surface area contributed by atoms with E-state index in [1.807, 2.05) is 44.2 Å². The van der Waals surface area contributed by atoms with E-state index in [2.05, 4.69) is 29.6 Å². The second kappa shape index (κ2) is 5.23. The van der Waals surface area contributed by atoms with Crippen LogP contribution in [-0.2, 0) is 0 Å². The SMILES string of the molecule is CC(C)(CO)Nc1ccc(-c2ccccc2)cc1.